The predicted molar refractivity (Wildman–Crippen MR) is 133 cm³/mol. The molecule has 0 aliphatic carbocycles. The van der Waals surface area contributed by atoms with E-state index >= 15 is 0 Å². The van der Waals surface area contributed by atoms with E-state index < -0.39 is 0 Å². The molecule has 4 heteroatoms. The number of halogens is 1. The summed E-state index contributed by atoms with van der Waals surface area (Å²) in [6.45, 7) is 8.46. The lowest BCUT2D eigenvalue weighted by Crippen LogP contribution is -2.10. The molecule has 31 heavy (non-hydrogen) atoms. The zero-order valence-electron chi connectivity index (χ0n) is 18.5. The number of allylic oxidation sites excluding steroid dienone is 5. The number of aliphatic hydroxyl groups excluding tert-OH is 1. The third-order valence-corrected chi connectivity index (χ3v) is 5.92. The Morgan fingerprint density at radius 3 is 2.29 bits per heavy atom. The van der Waals surface area contributed by atoms with Crippen molar-refractivity contribution in [2.45, 2.75) is 26.7 Å². The number of nitrogens with zero attached hydrogens (tertiary/aromatic N) is 1. The number of aliphatic hydroxyl groups is 1. The number of ether oxygens (including phenoxy) is 1. The molecule has 2 aromatic carbocycles. The molecule has 0 bridgehead atoms. The van der Waals surface area contributed by atoms with Gasteiger partial charge in [0, 0.05) is 30.7 Å². The summed E-state index contributed by atoms with van der Waals surface area (Å²) in [5, 5.41) is 9.51. The van der Waals surface area contributed by atoms with E-state index in [0.717, 1.165) is 41.8 Å². The molecule has 0 aromatic heterocycles. The van der Waals surface area contributed by atoms with Gasteiger partial charge in [0.25, 0.3) is 0 Å². The zero-order chi connectivity index (χ0) is 22.1. The second-order valence-electron chi connectivity index (χ2n) is 7.78. The molecule has 0 amide bonds. The van der Waals surface area contributed by atoms with E-state index in [-0.39, 0.29) is 6.61 Å². The first kappa shape index (κ1) is 23.5. The van der Waals surface area contributed by atoms with E-state index in [9.17, 15) is 5.11 Å². The fraction of sp³-hybridized carbons (Fsp3) is 0.333. The highest BCUT2D eigenvalue weighted by Crippen LogP contribution is 2.34. The smallest absolute Gasteiger partial charge is 0.119 e. The number of hydrogen-bond acceptors (Lipinski definition) is 3. The van der Waals surface area contributed by atoms with Crippen LogP contribution in [0.25, 0.3) is 5.57 Å². The van der Waals surface area contributed by atoms with Crippen molar-refractivity contribution in [2.75, 3.05) is 32.8 Å². The average Bonchev–Trinajstić information content (AvgIpc) is 3.61. The summed E-state index contributed by atoms with van der Waals surface area (Å²) in [6, 6.07) is 16.9. The molecular weight excluding hydrogens is 450 g/mol. The minimum atomic E-state index is 0.178. The van der Waals surface area contributed by atoms with Crippen LogP contribution >= 0.6 is 15.9 Å². The highest BCUT2D eigenvalue weighted by Gasteiger charge is 2.16. The molecule has 0 saturated carbocycles. The summed E-state index contributed by atoms with van der Waals surface area (Å²) in [5.74, 6) is 0.902. The van der Waals surface area contributed by atoms with E-state index in [2.05, 4.69) is 88.4 Å². The maximum atomic E-state index is 9.51. The van der Waals surface area contributed by atoms with Crippen LogP contribution in [-0.4, -0.2) is 42.9 Å². The molecule has 1 saturated heterocycles. The van der Waals surface area contributed by atoms with Crippen LogP contribution in [0.1, 0.15) is 37.8 Å². The van der Waals surface area contributed by atoms with Crippen LogP contribution < -0.4 is 4.74 Å². The summed E-state index contributed by atoms with van der Waals surface area (Å²) in [4.78, 5) is 2.36. The van der Waals surface area contributed by atoms with Gasteiger partial charge in [-0.05, 0) is 78.8 Å². The molecule has 0 atom stereocenters. The molecule has 164 valence electrons. The molecule has 1 fully saturated rings. The molecule has 1 N–H and O–H groups in total. The van der Waals surface area contributed by atoms with Crippen molar-refractivity contribution < 1.29 is 9.84 Å². The monoisotopic (exact) mass is 481 g/mol. The second kappa shape index (κ2) is 12.0. The summed E-state index contributed by atoms with van der Waals surface area (Å²) < 4.78 is 6.98. The van der Waals surface area contributed by atoms with Crippen molar-refractivity contribution in [3.63, 3.8) is 0 Å². The molecule has 0 unspecified atom stereocenters. The predicted octanol–water partition coefficient (Wildman–Crippen LogP) is 6.24. The summed E-state index contributed by atoms with van der Waals surface area (Å²) in [6.07, 6.45) is 7.80. The molecule has 1 aliphatic rings. The Hall–Kier alpha value is -2.14. The summed E-state index contributed by atoms with van der Waals surface area (Å²) >= 11 is 3.55. The van der Waals surface area contributed by atoms with Gasteiger partial charge in [-0.2, -0.15) is 0 Å². The van der Waals surface area contributed by atoms with Gasteiger partial charge in [-0.1, -0.05) is 58.4 Å². The van der Waals surface area contributed by atoms with Gasteiger partial charge >= 0.3 is 0 Å². The van der Waals surface area contributed by atoms with Gasteiger partial charge < -0.3 is 9.84 Å². The van der Waals surface area contributed by atoms with E-state index in [1.807, 2.05) is 13.0 Å². The van der Waals surface area contributed by atoms with Crippen LogP contribution in [0.2, 0.25) is 0 Å². The van der Waals surface area contributed by atoms with Crippen LogP contribution in [0.4, 0.5) is 0 Å². The third-order valence-electron chi connectivity index (χ3n) is 5.39. The van der Waals surface area contributed by atoms with Crippen molar-refractivity contribution in [1.29, 1.82) is 0 Å². The van der Waals surface area contributed by atoms with Gasteiger partial charge in [0.1, 0.15) is 12.4 Å². The lowest BCUT2D eigenvalue weighted by atomic mass is 9.87. The Morgan fingerprint density at radius 2 is 1.71 bits per heavy atom. The molecular formula is C27H32BrNO2. The van der Waals surface area contributed by atoms with Crippen molar-refractivity contribution in [3.8, 4) is 5.75 Å². The highest BCUT2D eigenvalue weighted by atomic mass is 79.9. The molecule has 0 radical (unpaired) electrons. The van der Waals surface area contributed by atoms with Gasteiger partial charge in [-0.3, -0.25) is 4.90 Å². The summed E-state index contributed by atoms with van der Waals surface area (Å²) in [7, 11) is 0. The molecule has 1 heterocycles. The Morgan fingerprint density at radius 1 is 1.06 bits per heavy atom. The largest absolute Gasteiger partial charge is 0.492 e. The lowest BCUT2D eigenvalue weighted by molar-refractivity contribution is 0.289. The Labute approximate surface area is 194 Å². The average molecular weight is 482 g/mol. The van der Waals surface area contributed by atoms with E-state index in [1.165, 1.54) is 35.4 Å². The van der Waals surface area contributed by atoms with E-state index in [4.69, 9.17) is 4.74 Å². The first-order chi connectivity index (χ1) is 15.1. The van der Waals surface area contributed by atoms with Gasteiger partial charge in [0.05, 0.1) is 0 Å². The van der Waals surface area contributed by atoms with Crippen LogP contribution in [0, 0.1) is 0 Å². The maximum Gasteiger partial charge on any atom is 0.119 e. The van der Waals surface area contributed by atoms with Gasteiger partial charge in [-0.15, -0.1) is 0 Å². The van der Waals surface area contributed by atoms with Crippen LogP contribution in [0.3, 0.4) is 0 Å². The fourth-order valence-corrected chi connectivity index (χ4v) is 3.82. The van der Waals surface area contributed by atoms with Crippen molar-refractivity contribution in [2.24, 2.45) is 0 Å². The van der Waals surface area contributed by atoms with Crippen LogP contribution in [-0.2, 0) is 0 Å². The third kappa shape index (κ3) is 7.20. The van der Waals surface area contributed by atoms with Crippen LogP contribution in [0.5, 0.6) is 5.75 Å². The van der Waals surface area contributed by atoms with Crippen molar-refractivity contribution >= 4 is 21.5 Å². The highest BCUT2D eigenvalue weighted by molar-refractivity contribution is 9.10. The minimum Gasteiger partial charge on any atom is -0.492 e. The Bertz CT molecular complexity index is 923. The first-order valence-corrected chi connectivity index (χ1v) is 11.8. The number of rotatable bonds is 11. The summed E-state index contributed by atoms with van der Waals surface area (Å²) in [5.41, 5.74) is 5.99. The first-order valence-electron chi connectivity index (χ1n) is 11.0. The van der Waals surface area contributed by atoms with E-state index in [0.29, 0.717) is 0 Å². The van der Waals surface area contributed by atoms with Gasteiger partial charge in [0.2, 0.25) is 0 Å². The SMILES string of the molecule is C\C=C/C=C(C)/C(CCCO)=C(/c1ccc(Br)cc1)c1ccc(OCCN2CC2)cc1. The number of benzene rings is 2. The lowest BCUT2D eigenvalue weighted by Gasteiger charge is -2.18. The molecule has 3 rings (SSSR count). The van der Waals surface area contributed by atoms with Crippen LogP contribution in [0.15, 0.2) is 82.4 Å². The Kier molecular flexibility index (Phi) is 9.13. The molecule has 0 spiro atoms. The zero-order valence-corrected chi connectivity index (χ0v) is 20.1. The topological polar surface area (TPSA) is 32.5 Å². The van der Waals surface area contributed by atoms with Gasteiger partial charge in [-0.25, -0.2) is 0 Å². The Balaban J connectivity index is 1.99. The second-order valence-corrected chi connectivity index (χ2v) is 8.69. The quantitative estimate of drug-likeness (QED) is 0.304. The molecule has 1 aliphatic heterocycles. The van der Waals surface area contributed by atoms with Crippen molar-refractivity contribution in [1.82, 2.24) is 4.90 Å². The minimum absolute atomic E-state index is 0.178. The number of hydrogen-bond donors (Lipinski definition) is 1. The molecule has 2 aromatic rings. The van der Waals surface area contributed by atoms with Gasteiger partial charge in [0.15, 0.2) is 0 Å². The maximum absolute atomic E-state index is 9.51. The van der Waals surface area contributed by atoms with Crippen molar-refractivity contribution in [3.05, 3.63) is 93.5 Å². The molecule has 3 nitrogen and oxygen atoms in total. The normalized spacial score (nSPS) is 15.3. The van der Waals surface area contributed by atoms with E-state index in [1.54, 1.807) is 0 Å². The standard InChI is InChI=1S/C27H32BrNO2/c1-3-4-6-21(2)26(7-5-19-30)27(22-8-12-24(28)13-9-22)23-10-14-25(15-11-23)31-20-18-29-16-17-29/h3-4,6,8-15,30H,5,7,16-20H2,1-2H3/b4-3-,21-6+,27-26-. The fourth-order valence-electron chi connectivity index (χ4n) is 3.55.